The Morgan fingerprint density at radius 2 is 1.94 bits per heavy atom. The van der Waals surface area contributed by atoms with Crippen molar-refractivity contribution in [3.63, 3.8) is 0 Å². The topological polar surface area (TPSA) is 106 Å². The number of aryl methyl sites for hydroxylation is 1. The summed E-state index contributed by atoms with van der Waals surface area (Å²) in [6.07, 6.45) is 1.38. The summed E-state index contributed by atoms with van der Waals surface area (Å²) >= 11 is 6.19. The molecule has 0 radical (unpaired) electrons. The average Bonchev–Trinajstić information content (AvgIpc) is 3.29. The zero-order valence-electron chi connectivity index (χ0n) is 17.9. The van der Waals surface area contributed by atoms with Crippen molar-refractivity contribution in [3.05, 3.63) is 57.4 Å². The molecule has 1 saturated heterocycles. The number of methoxy groups -OCH3 is 1. The van der Waals surface area contributed by atoms with Gasteiger partial charge in [-0.3, -0.25) is 9.52 Å². The molecule has 14 heteroatoms. The van der Waals surface area contributed by atoms with E-state index in [0.717, 1.165) is 8.87 Å². The van der Waals surface area contributed by atoms with Crippen LogP contribution in [0.15, 0.2) is 29.3 Å². The SMILES string of the molecule is CO[C@@H]1CCN(S(=O)(=O)Nc2cc(F)c(F)c(Nc3ccc4ncn(C)c(=O)c4c3F)c2Cl)C1. The molecule has 1 aromatic heterocycles. The molecule has 2 heterocycles. The van der Waals surface area contributed by atoms with E-state index in [9.17, 15) is 22.0 Å². The van der Waals surface area contributed by atoms with Crippen LogP contribution < -0.4 is 15.6 Å². The second-order valence-corrected chi connectivity index (χ2v) is 9.68. The van der Waals surface area contributed by atoms with Gasteiger partial charge in [-0.15, -0.1) is 0 Å². The molecule has 1 atom stereocenters. The highest BCUT2D eigenvalue weighted by Gasteiger charge is 2.32. The van der Waals surface area contributed by atoms with Gasteiger partial charge in [0.2, 0.25) is 0 Å². The Kier molecular flexibility index (Phi) is 6.46. The van der Waals surface area contributed by atoms with Crippen LogP contribution in [0, 0.1) is 17.5 Å². The summed E-state index contributed by atoms with van der Waals surface area (Å²) in [5.74, 6) is -3.96. The van der Waals surface area contributed by atoms with E-state index in [0.29, 0.717) is 12.5 Å². The van der Waals surface area contributed by atoms with Crippen molar-refractivity contribution in [1.82, 2.24) is 13.9 Å². The first-order chi connectivity index (χ1) is 16.0. The standard InChI is InChI=1S/C20H19ClF3N5O4S/c1-28-9-25-12-3-4-13(18(24)15(12)20(28)30)26-19-16(21)14(7-11(22)17(19)23)27-34(31,32)29-6-5-10(8-29)33-2/h3-4,7,9-10,26-27H,5-6,8H2,1-2H3/t10-/m1/s1. The van der Waals surface area contributed by atoms with Crippen molar-refractivity contribution < 1.29 is 26.3 Å². The lowest BCUT2D eigenvalue weighted by Crippen LogP contribution is -2.35. The number of ether oxygens (including phenoxy) is 1. The van der Waals surface area contributed by atoms with Gasteiger partial charge in [-0.05, 0) is 18.6 Å². The van der Waals surface area contributed by atoms with Gasteiger partial charge < -0.3 is 14.6 Å². The Balaban J connectivity index is 1.72. The van der Waals surface area contributed by atoms with Crippen LogP contribution in [0.4, 0.5) is 30.2 Å². The predicted octanol–water partition coefficient (Wildman–Crippen LogP) is 3.13. The molecule has 0 amide bonds. The summed E-state index contributed by atoms with van der Waals surface area (Å²) in [7, 11) is -1.34. The summed E-state index contributed by atoms with van der Waals surface area (Å²) in [6, 6.07) is 3.07. The van der Waals surface area contributed by atoms with Crippen LogP contribution in [0.5, 0.6) is 0 Å². The van der Waals surface area contributed by atoms with Gasteiger partial charge in [0, 0.05) is 33.3 Å². The lowest BCUT2D eigenvalue weighted by molar-refractivity contribution is 0.115. The van der Waals surface area contributed by atoms with Crippen LogP contribution in [0.2, 0.25) is 5.02 Å². The maximum Gasteiger partial charge on any atom is 0.301 e. The molecule has 0 bridgehead atoms. The number of fused-ring (bicyclic) bond motifs is 1. The van der Waals surface area contributed by atoms with Crippen LogP contribution >= 0.6 is 11.6 Å². The van der Waals surface area contributed by atoms with Crippen molar-refractivity contribution >= 4 is 49.8 Å². The third-order valence-corrected chi connectivity index (χ3v) is 7.34. The Hall–Kier alpha value is -2.87. The monoisotopic (exact) mass is 517 g/mol. The zero-order chi connectivity index (χ0) is 24.8. The third-order valence-electron chi connectivity index (χ3n) is 5.46. The fourth-order valence-electron chi connectivity index (χ4n) is 3.59. The summed E-state index contributed by atoms with van der Waals surface area (Å²) in [5.41, 5.74) is -2.19. The van der Waals surface area contributed by atoms with Crippen molar-refractivity contribution in [2.75, 3.05) is 30.2 Å². The average molecular weight is 518 g/mol. The normalized spacial score (nSPS) is 16.8. The Bertz CT molecular complexity index is 1450. The van der Waals surface area contributed by atoms with Crippen LogP contribution in [-0.4, -0.2) is 48.6 Å². The fourth-order valence-corrected chi connectivity index (χ4v) is 5.15. The minimum absolute atomic E-state index is 0.0605. The molecule has 1 aliphatic rings. The highest BCUT2D eigenvalue weighted by Crippen LogP contribution is 2.38. The van der Waals surface area contributed by atoms with E-state index in [1.807, 2.05) is 0 Å². The molecular weight excluding hydrogens is 499 g/mol. The first kappa shape index (κ1) is 24.3. The van der Waals surface area contributed by atoms with Gasteiger partial charge in [0.15, 0.2) is 17.5 Å². The highest BCUT2D eigenvalue weighted by atomic mass is 35.5. The van der Waals surface area contributed by atoms with E-state index >= 15 is 4.39 Å². The lowest BCUT2D eigenvalue weighted by atomic mass is 10.2. The van der Waals surface area contributed by atoms with Crippen LogP contribution in [0.1, 0.15) is 6.42 Å². The largest absolute Gasteiger partial charge is 0.380 e. The third kappa shape index (κ3) is 4.31. The van der Waals surface area contributed by atoms with Crippen molar-refractivity contribution in [1.29, 1.82) is 0 Å². The van der Waals surface area contributed by atoms with E-state index in [1.165, 1.54) is 32.6 Å². The molecule has 1 fully saturated rings. The second kappa shape index (κ2) is 9.06. The number of halogens is 4. The van der Waals surface area contributed by atoms with Crippen LogP contribution in [-0.2, 0) is 22.0 Å². The molecule has 1 aliphatic heterocycles. The quantitative estimate of drug-likeness (QED) is 0.487. The van der Waals surface area contributed by atoms with E-state index in [4.69, 9.17) is 16.3 Å². The number of rotatable bonds is 6. The molecule has 0 unspecified atom stereocenters. The molecule has 182 valence electrons. The molecule has 2 N–H and O–H groups in total. The smallest absolute Gasteiger partial charge is 0.301 e. The minimum Gasteiger partial charge on any atom is -0.380 e. The molecule has 3 aromatic rings. The number of anilines is 3. The minimum atomic E-state index is -4.17. The van der Waals surface area contributed by atoms with Gasteiger partial charge in [-0.1, -0.05) is 11.6 Å². The van der Waals surface area contributed by atoms with Crippen molar-refractivity contribution in [3.8, 4) is 0 Å². The molecule has 9 nitrogen and oxygen atoms in total. The maximum absolute atomic E-state index is 15.1. The first-order valence-corrected chi connectivity index (χ1v) is 11.7. The lowest BCUT2D eigenvalue weighted by Gasteiger charge is -2.20. The molecular formula is C20H19ClF3N5O4S. The molecule has 0 saturated carbocycles. The number of hydrogen-bond acceptors (Lipinski definition) is 6. The molecule has 4 rings (SSSR count). The first-order valence-electron chi connectivity index (χ1n) is 9.92. The van der Waals surface area contributed by atoms with Gasteiger partial charge in [-0.2, -0.15) is 12.7 Å². The van der Waals surface area contributed by atoms with E-state index in [2.05, 4.69) is 15.0 Å². The van der Waals surface area contributed by atoms with Gasteiger partial charge in [0.05, 0.1) is 40.0 Å². The number of aromatic nitrogens is 2. The van der Waals surface area contributed by atoms with Crippen LogP contribution in [0.3, 0.4) is 0 Å². The summed E-state index contributed by atoms with van der Waals surface area (Å²) in [5, 5.41) is 1.43. The number of hydrogen-bond donors (Lipinski definition) is 2. The van der Waals surface area contributed by atoms with Gasteiger partial charge in [0.25, 0.3) is 5.56 Å². The second-order valence-electron chi connectivity index (χ2n) is 7.63. The Morgan fingerprint density at radius 1 is 1.21 bits per heavy atom. The molecule has 2 aromatic carbocycles. The number of benzene rings is 2. The zero-order valence-corrected chi connectivity index (χ0v) is 19.5. The number of nitrogens with zero attached hydrogens (tertiary/aromatic N) is 3. The summed E-state index contributed by atoms with van der Waals surface area (Å²) in [4.78, 5) is 16.3. The van der Waals surface area contributed by atoms with Gasteiger partial charge >= 0.3 is 10.2 Å². The van der Waals surface area contributed by atoms with E-state index in [-0.39, 0.29) is 35.8 Å². The van der Waals surface area contributed by atoms with E-state index < -0.39 is 49.6 Å². The molecule has 0 aliphatic carbocycles. The Labute approximate surface area is 197 Å². The Morgan fingerprint density at radius 3 is 2.62 bits per heavy atom. The number of nitrogens with one attached hydrogen (secondary N) is 2. The van der Waals surface area contributed by atoms with E-state index in [1.54, 1.807) is 0 Å². The molecule has 0 spiro atoms. The van der Waals surface area contributed by atoms with Gasteiger partial charge in [0.1, 0.15) is 5.39 Å². The highest BCUT2D eigenvalue weighted by molar-refractivity contribution is 7.90. The predicted molar refractivity (Wildman–Crippen MR) is 121 cm³/mol. The van der Waals surface area contributed by atoms with Crippen LogP contribution in [0.25, 0.3) is 10.9 Å². The van der Waals surface area contributed by atoms with Crippen molar-refractivity contribution in [2.45, 2.75) is 12.5 Å². The van der Waals surface area contributed by atoms with Gasteiger partial charge in [-0.25, -0.2) is 18.2 Å². The summed E-state index contributed by atoms with van der Waals surface area (Å²) < 4.78 is 78.9. The molecule has 34 heavy (non-hydrogen) atoms. The van der Waals surface area contributed by atoms with Crippen molar-refractivity contribution in [2.24, 2.45) is 7.05 Å². The fraction of sp³-hybridized carbons (Fsp3) is 0.300. The maximum atomic E-state index is 15.1. The summed E-state index contributed by atoms with van der Waals surface area (Å²) in [6.45, 7) is 0.231.